The second-order valence-electron chi connectivity index (χ2n) is 4.95. The highest BCUT2D eigenvalue weighted by Crippen LogP contribution is 2.25. The Morgan fingerprint density at radius 3 is 2.67 bits per heavy atom. The molecule has 2 atom stereocenters. The summed E-state index contributed by atoms with van der Waals surface area (Å²) in [5.41, 5.74) is 5.19. The van der Waals surface area contributed by atoms with Gasteiger partial charge >= 0.3 is 16.3 Å². The SMILES string of the molecule is CCOC(=O)[C@H]1[C@@H](NC(=O)/C(=N\OC)c2csc(N)n2)C(=O)N1S(=O)(=O)O. The number of carbonyl (C=O) groups is 3. The van der Waals surface area contributed by atoms with Crippen molar-refractivity contribution in [2.75, 3.05) is 19.5 Å². The maximum Gasteiger partial charge on any atom is 0.363 e. The monoisotopic (exact) mass is 421 g/mol. The van der Waals surface area contributed by atoms with Crippen LogP contribution in [0, 0.1) is 0 Å². The normalized spacial score (nSPS) is 20.0. The lowest BCUT2D eigenvalue weighted by Crippen LogP contribution is -2.75. The molecule has 0 saturated carbocycles. The van der Waals surface area contributed by atoms with Crippen LogP contribution in [0.15, 0.2) is 10.5 Å². The molecule has 1 saturated heterocycles. The number of hydrogen-bond donors (Lipinski definition) is 3. The largest absolute Gasteiger partial charge is 0.464 e. The fourth-order valence-corrected chi connectivity index (χ4v) is 3.61. The average molecular weight is 421 g/mol. The van der Waals surface area contributed by atoms with Gasteiger partial charge in [0.25, 0.3) is 11.8 Å². The lowest BCUT2D eigenvalue weighted by atomic mass is 9.98. The Labute approximate surface area is 157 Å². The number of nitrogen functional groups attached to an aromatic ring is 1. The van der Waals surface area contributed by atoms with E-state index in [1.54, 1.807) is 0 Å². The molecule has 27 heavy (non-hydrogen) atoms. The Morgan fingerprint density at radius 2 is 2.19 bits per heavy atom. The molecule has 1 fully saturated rings. The predicted molar refractivity (Wildman–Crippen MR) is 90.8 cm³/mol. The maximum absolute atomic E-state index is 12.4. The number of ether oxygens (including phenoxy) is 1. The number of β-lactam (4-membered cyclic amide) rings is 1. The number of nitrogens with one attached hydrogen (secondary N) is 1. The van der Waals surface area contributed by atoms with Crippen molar-refractivity contribution in [3.8, 4) is 0 Å². The molecule has 15 heteroatoms. The molecule has 0 unspecified atom stereocenters. The molecule has 4 N–H and O–H groups in total. The van der Waals surface area contributed by atoms with Crippen LogP contribution in [-0.4, -0.2) is 71.6 Å². The predicted octanol–water partition coefficient (Wildman–Crippen LogP) is -1.86. The number of nitrogens with two attached hydrogens (primary N) is 1. The summed E-state index contributed by atoms with van der Waals surface area (Å²) in [5, 5.41) is 7.21. The van der Waals surface area contributed by atoms with Crippen molar-refractivity contribution in [1.29, 1.82) is 0 Å². The average Bonchev–Trinajstić information content (AvgIpc) is 2.99. The first-order valence-corrected chi connectivity index (χ1v) is 9.50. The van der Waals surface area contributed by atoms with Crippen LogP contribution >= 0.6 is 11.3 Å². The van der Waals surface area contributed by atoms with Gasteiger partial charge in [-0.3, -0.25) is 14.1 Å². The van der Waals surface area contributed by atoms with Gasteiger partial charge in [0, 0.05) is 5.38 Å². The van der Waals surface area contributed by atoms with E-state index in [0.717, 1.165) is 11.3 Å². The molecule has 0 spiro atoms. The van der Waals surface area contributed by atoms with Crippen molar-refractivity contribution < 1.29 is 36.9 Å². The van der Waals surface area contributed by atoms with Crippen LogP contribution in [-0.2, 0) is 34.3 Å². The molecule has 0 aliphatic carbocycles. The highest BCUT2D eigenvalue weighted by molar-refractivity contribution is 7.84. The van der Waals surface area contributed by atoms with E-state index >= 15 is 0 Å². The van der Waals surface area contributed by atoms with Gasteiger partial charge in [0.2, 0.25) is 0 Å². The molecule has 0 aromatic carbocycles. The molecular formula is C12H15N5O8S2. The Balaban J connectivity index is 2.27. The maximum atomic E-state index is 12.4. The molecule has 2 rings (SSSR count). The van der Waals surface area contributed by atoms with E-state index in [2.05, 4.69) is 25.0 Å². The van der Waals surface area contributed by atoms with E-state index < -0.39 is 40.2 Å². The summed E-state index contributed by atoms with van der Waals surface area (Å²) < 4.78 is 36.3. The van der Waals surface area contributed by atoms with E-state index in [1.165, 1.54) is 19.4 Å². The van der Waals surface area contributed by atoms with Crippen molar-refractivity contribution >= 4 is 50.3 Å². The molecule has 2 amide bonds. The fourth-order valence-electron chi connectivity index (χ4n) is 2.22. The summed E-state index contributed by atoms with van der Waals surface area (Å²) in [6, 6.07) is -3.36. The highest BCUT2D eigenvalue weighted by Gasteiger charge is 2.58. The van der Waals surface area contributed by atoms with E-state index in [9.17, 15) is 22.8 Å². The third-order valence-electron chi connectivity index (χ3n) is 3.28. The van der Waals surface area contributed by atoms with Crippen LogP contribution in [0.4, 0.5) is 5.13 Å². The van der Waals surface area contributed by atoms with Crippen LogP contribution in [0.2, 0.25) is 0 Å². The van der Waals surface area contributed by atoms with Crippen LogP contribution in [0.5, 0.6) is 0 Å². The number of oxime groups is 1. The fraction of sp³-hybridized carbons (Fsp3) is 0.417. The van der Waals surface area contributed by atoms with Gasteiger partial charge in [-0.1, -0.05) is 5.16 Å². The van der Waals surface area contributed by atoms with Crippen molar-refractivity contribution in [2.24, 2.45) is 5.16 Å². The third kappa shape index (κ3) is 4.15. The molecule has 0 radical (unpaired) electrons. The number of anilines is 1. The molecular weight excluding hydrogens is 406 g/mol. The lowest BCUT2D eigenvalue weighted by molar-refractivity contribution is -0.163. The zero-order valence-electron chi connectivity index (χ0n) is 14.0. The second kappa shape index (κ2) is 7.85. The lowest BCUT2D eigenvalue weighted by Gasteiger charge is -2.42. The van der Waals surface area contributed by atoms with Gasteiger partial charge in [-0.25, -0.2) is 9.78 Å². The molecule has 13 nitrogen and oxygen atoms in total. The Kier molecular flexibility index (Phi) is 5.97. The van der Waals surface area contributed by atoms with Gasteiger partial charge in [0.1, 0.15) is 18.8 Å². The minimum absolute atomic E-state index is 0.0444. The number of thiazole rings is 1. The smallest absolute Gasteiger partial charge is 0.363 e. The molecule has 0 bridgehead atoms. The number of hydrogen-bond acceptors (Lipinski definition) is 11. The summed E-state index contributed by atoms with van der Waals surface area (Å²) >= 11 is 1.02. The Bertz CT molecular complexity index is 895. The van der Waals surface area contributed by atoms with Crippen LogP contribution in [0.3, 0.4) is 0 Å². The van der Waals surface area contributed by atoms with E-state index in [4.69, 9.17) is 10.3 Å². The summed E-state index contributed by atoms with van der Waals surface area (Å²) in [6.07, 6.45) is 0. The van der Waals surface area contributed by atoms with Crippen LogP contribution in [0.25, 0.3) is 0 Å². The van der Waals surface area contributed by atoms with E-state index in [0.29, 0.717) is 0 Å². The molecule has 1 aromatic heterocycles. The highest BCUT2D eigenvalue weighted by atomic mass is 32.2. The first-order valence-electron chi connectivity index (χ1n) is 7.22. The van der Waals surface area contributed by atoms with Crippen LogP contribution in [0.1, 0.15) is 12.6 Å². The number of esters is 1. The van der Waals surface area contributed by atoms with Gasteiger partial charge < -0.3 is 20.6 Å². The molecule has 1 aliphatic heterocycles. The Hall–Kier alpha value is -2.78. The number of rotatable bonds is 7. The number of carbonyl (C=O) groups excluding carboxylic acids is 3. The summed E-state index contributed by atoms with van der Waals surface area (Å²) in [4.78, 5) is 44.9. The second-order valence-corrected chi connectivity index (χ2v) is 7.13. The summed E-state index contributed by atoms with van der Waals surface area (Å²) in [6.45, 7) is 1.34. The summed E-state index contributed by atoms with van der Waals surface area (Å²) in [5.74, 6) is -3.33. The minimum atomic E-state index is -5.03. The van der Waals surface area contributed by atoms with Gasteiger partial charge in [-0.15, -0.1) is 11.3 Å². The van der Waals surface area contributed by atoms with Gasteiger partial charge in [-0.2, -0.15) is 12.7 Å². The first kappa shape index (κ1) is 20.5. The molecule has 148 valence electrons. The topological polar surface area (TPSA) is 191 Å². The number of nitrogens with zero attached hydrogens (tertiary/aromatic N) is 3. The van der Waals surface area contributed by atoms with Gasteiger partial charge in [-0.05, 0) is 6.92 Å². The first-order chi connectivity index (χ1) is 12.6. The van der Waals surface area contributed by atoms with Gasteiger partial charge in [0.05, 0.1) is 6.61 Å². The summed E-state index contributed by atoms with van der Waals surface area (Å²) in [7, 11) is -3.86. The quantitative estimate of drug-likeness (QED) is 0.148. The van der Waals surface area contributed by atoms with Crippen LogP contribution < -0.4 is 11.1 Å². The zero-order chi connectivity index (χ0) is 20.4. The molecule has 1 aromatic rings. The Morgan fingerprint density at radius 1 is 1.52 bits per heavy atom. The molecule has 1 aliphatic rings. The molecule has 2 heterocycles. The van der Waals surface area contributed by atoms with Crippen molar-refractivity contribution in [2.45, 2.75) is 19.0 Å². The van der Waals surface area contributed by atoms with E-state index in [-0.39, 0.29) is 27.4 Å². The van der Waals surface area contributed by atoms with Gasteiger partial charge in [0.15, 0.2) is 16.9 Å². The number of aromatic nitrogens is 1. The number of amides is 2. The van der Waals surface area contributed by atoms with Crippen molar-refractivity contribution in [3.63, 3.8) is 0 Å². The van der Waals surface area contributed by atoms with E-state index in [1.807, 2.05) is 0 Å². The van der Waals surface area contributed by atoms with Crippen molar-refractivity contribution in [1.82, 2.24) is 14.6 Å². The zero-order valence-corrected chi connectivity index (χ0v) is 15.6. The third-order valence-corrected chi connectivity index (χ3v) is 4.86. The van der Waals surface area contributed by atoms with Crippen molar-refractivity contribution in [3.05, 3.63) is 11.1 Å². The standard InChI is InChI=1S/C12H15N5O8S2/c1-3-25-11(20)8-7(10(19)17(8)27(21,22)23)15-9(18)6(16-24-2)5-4-26-12(13)14-5/h4,7-8H,3H2,1-2H3,(H2,13,14)(H,15,18)(H,21,22,23)/b16-6-/t7-,8-/m1/s1. The minimum Gasteiger partial charge on any atom is -0.464 e.